The smallest absolute Gasteiger partial charge is 0.321 e. The van der Waals surface area contributed by atoms with Gasteiger partial charge < -0.3 is 16.2 Å². The van der Waals surface area contributed by atoms with E-state index in [1.54, 1.807) is 30.8 Å². The molecule has 21 heavy (non-hydrogen) atoms. The van der Waals surface area contributed by atoms with Crippen LogP contribution in [0.3, 0.4) is 0 Å². The van der Waals surface area contributed by atoms with Crippen LogP contribution >= 0.6 is 11.8 Å². The van der Waals surface area contributed by atoms with Gasteiger partial charge >= 0.3 is 5.97 Å². The molecule has 0 aromatic carbocycles. The summed E-state index contributed by atoms with van der Waals surface area (Å²) in [7, 11) is 0. The molecule has 4 N–H and O–H groups in total. The first-order valence-corrected chi connectivity index (χ1v) is 7.59. The topological polar surface area (TPSA) is 110 Å². The summed E-state index contributed by atoms with van der Waals surface area (Å²) < 4.78 is 0.970. The van der Waals surface area contributed by atoms with Crippen molar-refractivity contribution in [3.05, 3.63) is 12.3 Å². The largest absolute Gasteiger partial charge is 0.480 e. The maximum absolute atomic E-state index is 12.0. The number of nitrogens with zero attached hydrogens (tertiary/aromatic N) is 2. The number of anilines is 1. The molecule has 0 spiro atoms. The fourth-order valence-electron chi connectivity index (χ4n) is 1.64. The molecular weight excluding hydrogens is 292 g/mol. The van der Waals surface area contributed by atoms with Crippen LogP contribution in [-0.4, -0.2) is 43.3 Å². The SMILES string of the molecule is CC(C)n1nccc1NC(=O)CSC(C)(C)[C@H](N)C(=O)O. The number of hydrogen-bond acceptors (Lipinski definition) is 5. The Hall–Kier alpha value is -1.54. The average molecular weight is 314 g/mol. The third-order valence-electron chi connectivity index (χ3n) is 3.02. The van der Waals surface area contributed by atoms with Crippen molar-refractivity contribution in [2.24, 2.45) is 5.73 Å². The first-order chi connectivity index (χ1) is 9.65. The summed E-state index contributed by atoms with van der Waals surface area (Å²) in [5.41, 5.74) is 5.61. The van der Waals surface area contributed by atoms with Gasteiger partial charge in [-0.25, -0.2) is 4.68 Å². The first kappa shape index (κ1) is 17.5. The second kappa shape index (κ2) is 6.95. The number of thioether (sulfide) groups is 1. The van der Waals surface area contributed by atoms with Crippen LogP contribution in [0.15, 0.2) is 12.3 Å². The highest BCUT2D eigenvalue weighted by Crippen LogP contribution is 2.27. The minimum absolute atomic E-state index is 0.122. The molecule has 1 aromatic rings. The second-order valence-electron chi connectivity index (χ2n) is 5.51. The van der Waals surface area contributed by atoms with Crippen molar-refractivity contribution in [2.75, 3.05) is 11.1 Å². The van der Waals surface area contributed by atoms with Gasteiger partial charge in [0.05, 0.1) is 11.9 Å². The molecule has 7 nitrogen and oxygen atoms in total. The number of amides is 1. The van der Waals surface area contributed by atoms with Gasteiger partial charge in [-0.05, 0) is 27.7 Å². The lowest BCUT2D eigenvalue weighted by Crippen LogP contribution is -2.47. The number of carboxylic acid groups (broad SMARTS) is 1. The predicted octanol–water partition coefficient (Wildman–Crippen LogP) is 1.33. The number of aromatic nitrogens is 2. The number of aliphatic carboxylic acids is 1. The Morgan fingerprint density at radius 3 is 2.67 bits per heavy atom. The highest BCUT2D eigenvalue weighted by atomic mass is 32.2. The molecule has 0 aliphatic carbocycles. The van der Waals surface area contributed by atoms with Gasteiger partial charge in [-0.3, -0.25) is 9.59 Å². The Balaban J connectivity index is 2.59. The molecule has 0 fully saturated rings. The molecule has 0 bridgehead atoms. The Morgan fingerprint density at radius 2 is 2.14 bits per heavy atom. The molecule has 1 heterocycles. The van der Waals surface area contributed by atoms with E-state index in [9.17, 15) is 9.59 Å². The molecule has 1 rings (SSSR count). The molecule has 0 aliphatic heterocycles. The van der Waals surface area contributed by atoms with E-state index in [0.717, 1.165) is 0 Å². The maximum atomic E-state index is 12.0. The first-order valence-electron chi connectivity index (χ1n) is 6.61. The highest BCUT2D eigenvalue weighted by Gasteiger charge is 2.33. The summed E-state index contributed by atoms with van der Waals surface area (Å²) in [5, 5.41) is 15.8. The molecule has 0 saturated carbocycles. The standard InChI is InChI=1S/C13H22N4O3S/c1-8(2)17-9(5-6-15-17)16-10(18)7-21-13(3,4)11(14)12(19)20/h5-6,8,11H,7,14H2,1-4H3,(H,16,18)(H,19,20)/t11-/m1/s1. The number of nitrogens with one attached hydrogen (secondary N) is 1. The Kier molecular flexibility index (Phi) is 5.79. The van der Waals surface area contributed by atoms with Crippen LogP contribution in [0.2, 0.25) is 0 Å². The predicted molar refractivity (Wildman–Crippen MR) is 83.4 cm³/mol. The second-order valence-corrected chi connectivity index (χ2v) is 7.14. The zero-order valence-corrected chi connectivity index (χ0v) is 13.5. The number of nitrogens with two attached hydrogens (primary N) is 1. The molecule has 1 atom stereocenters. The van der Waals surface area contributed by atoms with Gasteiger partial charge in [0.25, 0.3) is 0 Å². The van der Waals surface area contributed by atoms with Gasteiger partial charge in [0.1, 0.15) is 11.9 Å². The molecule has 0 radical (unpaired) electrons. The molecular formula is C13H22N4O3S. The van der Waals surface area contributed by atoms with Crippen LogP contribution in [0.4, 0.5) is 5.82 Å². The maximum Gasteiger partial charge on any atom is 0.321 e. The molecule has 0 aliphatic rings. The zero-order chi connectivity index (χ0) is 16.2. The van der Waals surface area contributed by atoms with Gasteiger partial charge in [-0.15, -0.1) is 11.8 Å². The van der Waals surface area contributed by atoms with Gasteiger partial charge in [0.15, 0.2) is 0 Å². The summed E-state index contributed by atoms with van der Waals surface area (Å²) in [6.07, 6.45) is 1.62. The lowest BCUT2D eigenvalue weighted by Gasteiger charge is -2.27. The quantitative estimate of drug-likeness (QED) is 0.700. The van der Waals surface area contributed by atoms with Crippen LogP contribution in [0.5, 0.6) is 0 Å². The Morgan fingerprint density at radius 1 is 1.52 bits per heavy atom. The molecule has 118 valence electrons. The summed E-state index contributed by atoms with van der Waals surface area (Å²) in [6, 6.07) is 0.827. The van der Waals surface area contributed by atoms with Gasteiger partial charge in [0.2, 0.25) is 5.91 Å². The summed E-state index contributed by atoms with van der Waals surface area (Å²) in [6.45, 7) is 7.35. The van der Waals surface area contributed by atoms with Gasteiger partial charge in [0, 0.05) is 16.9 Å². The van der Waals surface area contributed by atoms with E-state index >= 15 is 0 Å². The molecule has 8 heteroatoms. The van der Waals surface area contributed by atoms with E-state index in [0.29, 0.717) is 5.82 Å². The lowest BCUT2D eigenvalue weighted by atomic mass is 10.1. The molecule has 1 amide bonds. The molecule has 1 aromatic heterocycles. The van der Waals surface area contributed by atoms with Crippen LogP contribution in [0, 0.1) is 0 Å². The van der Waals surface area contributed by atoms with Crippen LogP contribution < -0.4 is 11.1 Å². The zero-order valence-electron chi connectivity index (χ0n) is 12.7. The van der Waals surface area contributed by atoms with Crippen LogP contribution in [0.1, 0.15) is 33.7 Å². The van der Waals surface area contributed by atoms with E-state index < -0.39 is 16.8 Å². The number of carboxylic acids is 1. The fraction of sp³-hybridized carbons (Fsp3) is 0.615. The fourth-order valence-corrected chi connectivity index (χ4v) is 2.50. The van der Waals surface area contributed by atoms with Crippen molar-refractivity contribution in [3.8, 4) is 0 Å². The van der Waals surface area contributed by atoms with Gasteiger partial charge in [-0.1, -0.05) is 0 Å². The number of carbonyl (C=O) groups is 2. The van der Waals surface area contributed by atoms with Gasteiger partial charge in [-0.2, -0.15) is 5.10 Å². The van der Waals surface area contributed by atoms with Crippen molar-refractivity contribution in [3.63, 3.8) is 0 Å². The monoisotopic (exact) mass is 314 g/mol. The number of hydrogen-bond donors (Lipinski definition) is 3. The number of carbonyl (C=O) groups excluding carboxylic acids is 1. The van der Waals surface area contributed by atoms with E-state index in [4.69, 9.17) is 10.8 Å². The molecule has 0 saturated heterocycles. The van der Waals surface area contributed by atoms with Crippen LogP contribution in [-0.2, 0) is 9.59 Å². The Bertz CT molecular complexity index is 513. The minimum Gasteiger partial charge on any atom is -0.480 e. The summed E-state index contributed by atoms with van der Waals surface area (Å²) in [5.74, 6) is -0.549. The van der Waals surface area contributed by atoms with Crippen LogP contribution in [0.25, 0.3) is 0 Å². The lowest BCUT2D eigenvalue weighted by molar-refractivity contribution is -0.139. The van der Waals surface area contributed by atoms with E-state index in [2.05, 4.69) is 10.4 Å². The summed E-state index contributed by atoms with van der Waals surface area (Å²) >= 11 is 1.21. The Labute approximate surface area is 128 Å². The third kappa shape index (κ3) is 4.75. The highest BCUT2D eigenvalue weighted by molar-refractivity contribution is 8.01. The van der Waals surface area contributed by atoms with E-state index in [1.807, 2.05) is 13.8 Å². The minimum atomic E-state index is -1.08. The number of rotatable bonds is 7. The third-order valence-corrected chi connectivity index (χ3v) is 4.42. The van der Waals surface area contributed by atoms with Crippen molar-refractivity contribution >= 4 is 29.5 Å². The normalized spacial score (nSPS) is 13.2. The van der Waals surface area contributed by atoms with E-state index in [-0.39, 0.29) is 17.7 Å². The van der Waals surface area contributed by atoms with Crippen molar-refractivity contribution < 1.29 is 14.7 Å². The van der Waals surface area contributed by atoms with E-state index in [1.165, 1.54) is 11.8 Å². The van der Waals surface area contributed by atoms with Crippen molar-refractivity contribution in [1.29, 1.82) is 0 Å². The summed E-state index contributed by atoms with van der Waals surface area (Å²) in [4.78, 5) is 22.9. The average Bonchev–Trinajstić information content (AvgIpc) is 2.83. The van der Waals surface area contributed by atoms with Crippen molar-refractivity contribution in [2.45, 2.75) is 44.5 Å². The molecule has 0 unspecified atom stereocenters. The van der Waals surface area contributed by atoms with Crippen molar-refractivity contribution in [1.82, 2.24) is 9.78 Å².